The summed E-state index contributed by atoms with van der Waals surface area (Å²) in [6, 6.07) is 23.2. The standard InChI is InChI=1S/C30H36N8O4/c31-26(39)24(12-7-17-35-28(32)33)38(19-21-15-13-20(14-16-21)18-36-30(42)37-29(34)41)27(40)25(22-8-3-1-4-9-22)23-10-5-2-6-11-23/h1-6,8-11,13-16,24-25H,7,12,17-19H2,(H2,31,39)(H4,32,33,35)(H4,34,36,37,41,42)/t24-/m1/s1. The van der Waals surface area contributed by atoms with Crippen LogP contribution in [-0.2, 0) is 22.7 Å². The molecule has 0 heterocycles. The zero-order valence-electron chi connectivity index (χ0n) is 23.1. The van der Waals surface area contributed by atoms with E-state index in [0.717, 1.165) is 22.3 Å². The molecule has 220 valence electrons. The SMILES string of the molecule is N=C(N)NCCC[C@H](C(N)=O)N(Cc1ccc(CNC(=O)NC(N)=O)cc1)C(=O)C(c1ccccc1)c1ccccc1. The maximum Gasteiger partial charge on any atom is 0.323 e. The van der Waals surface area contributed by atoms with E-state index in [9.17, 15) is 19.2 Å². The highest BCUT2D eigenvalue weighted by Crippen LogP contribution is 2.29. The van der Waals surface area contributed by atoms with Gasteiger partial charge in [-0.1, -0.05) is 84.9 Å². The Hall–Kier alpha value is -5.39. The molecule has 0 fully saturated rings. The third-order valence-electron chi connectivity index (χ3n) is 6.54. The molecule has 0 radical (unpaired) electrons. The Balaban J connectivity index is 1.92. The summed E-state index contributed by atoms with van der Waals surface area (Å²) in [5, 5.41) is 14.5. The molecule has 6 amide bonds. The van der Waals surface area contributed by atoms with Crippen molar-refractivity contribution in [1.29, 1.82) is 5.41 Å². The molecule has 0 saturated carbocycles. The first-order valence-corrected chi connectivity index (χ1v) is 13.4. The van der Waals surface area contributed by atoms with Crippen LogP contribution in [0.3, 0.4) is 0 Å². The van der Waals surface area contributed by atoms with Crippen LogP contribution in [0, 0.1) is 5.41 Å². The van der Waals surface area contributed by atoms with Gasteiger partial charge in [-0.15, -0.1) is 0 Å². The zero-order chi connectivity index (χ0) is 30.5. The molecule has 0 spiro atoms. The minimum absolute atomic E-state index is 0.0958. The molecule has 42 heavy (non-hydrogen) atoms. The Morgan fingerprint density at radius 2 is 1.31 bits per heavy atom. The molecule has 1 atom stereocenters. The van der Waals surface area contributed by atoms with Crippen molar-refractivity contribution < 1.29 is 19.2 Å². The number of hydrogen-bond donors (Lipinski definition) is 7. The summed E-state index contributed by atoms with van der Waals surface area (Å²) in [6.45, 7) is 0.574. The predicted octanol–water partition coefficient (Wildman–Crippen LogP) is 1.84. The van der Waals surface area contributed by atoms with Crippen molar-refractivity contribution in [3.05, 3.63) is 107 Å². The second-order valence-electron chi connectivity index (χ2n) is 9.61. The van der Waals surface area contributed by atoms with Gasteiger partial charge in [-0.2, -0.15) is 0 Å². The molecule has 12 heteroatoms. The van der Waals surface area contributed by atoms with Gasteiger partial charge >= 0.3 is 12.1 Å². The third kappa shape index (κ3) is 9.37. The Labute approximate surface area is 244 Å². The van der Waals surface area contributed by atoms with Crippen LogP contribution in [0.1, 0.15) is 41.0 Å². The Bertz CT molecular complexity index is 1330. The largest absolute Gasteiger partial charge is 0.370 e. The number of benzene rings is 3. The average Bonchev–Trinajstić information content (AvgIpc) is 2.96. The molecule has 10 N–H and O–H groups in total. The van der Waals surface area contributed by atoms with Gasteiger partial charge < -0.3 is 32.7 Å². The first-order valence-electron chi connectivity index (χ1n) is 13.4. The van der Waals surface area contributed by atoms with Crippen molar-refractivity contribution >= 4 is 29.8 Å². The van der Waals surface area contributed by atoms with Gasteiger partial charge in [-0.25, -0.2) is 9.59 Å². The molecule has 12 nitrogen and oxygen atoms in total. The van der Waals surface area contributed by atoms with Gasteiger partial charge in [-0.05, 0) is 35.1 Å². The number of nitrogens with one attached hydrogen (secondary N) is 4. The number of urea groups is 2. The molecular weight excluding hydrogens is 536 g/mol. The van der Waals surface area contributed by atoms with Crippen LogP contribution >= 0.6 is 0 Å². The number of imide groups is 1. The van der Waals surface area contributed by atoms with Gasteiger partial charge in [0.25, 0.3) is 0 Å². The van der Waals surface area contributed by atoms with Crippen molar-refractivity contribution in [3.63, 3.8) is 0 Å². The molecule has 0 bridgehead atoms. The van der Waals surface area contributed by atoms with Crippen molar-refractivity contribution in [3.8, 4) is 0 Å². The summed E-state index contributed by atoms with van der Waals surface area (Å²) in [7, 11) is 0. The Kier molecular flexibility index (Phi) is 11.4. The van der Waals surface area contributed by atoms with E-state index in [1.165, 1.54) is 4.90 Å². The monoisotopic (exact) mass is 572 g/mol. The third-order valence-corrected chi connectivity index (χ3v) is 6.54. The van der Waals surface area contributed by atoms with E-state index in [1.807, 2.05) is 66.0 Å². The highest BCUT2D eigenvalue weighted by Gasteiger charge is 2.34. The molecule has 0 unspecified atom stereocenters. The number of primary amides is 2. The van der Waals surface area contributed by atoms with Crippen molar-refractivity contribution in [2.75, 3.05) is 6.54 Å². The van der Waals surface area contributed by atoms with Gasteiger partial charge in [0.2, 0.25) is 11.8 Å². The average molecular weight is 573 g/mol. The quantitative estimate of drug-likeness (QED) is 0.0922. The van der Waals surface area contributed by atoms with E-state index in [-0.39, 0.29) is 31.4 Å². The molecule has 3 aromatic rings. The highest BCUT2D eigenvalue weighted by atomic mass is 16.2. The fraction of sp³-hybridized carbons (Fsp3) is 0.233. The van der Waals surface area contributed by atoms with Gasteiger partial charge in [0, 0.05) is 19.6 Å². The van der Waals surface area contributed by atoms with Crippen molar-refractivity contribution in [1.82, 2.24) is 20.9 Å². The number of rotatable bonds is 13. The maximum absolute atomic E-state index is 14.4. The van der Waals surface area contributed by atoms with Gasteiger partial charge in [0.15, 0.2) is 5.96 Å². The zero-order valence-corrected chi connectivity index (χ0v) is 23.1. The van der Waals surface area contributed by atoms with Crippen LogP contribution in [0.2, 0.25) is 0 Å². The molecule has 3 rings (SSSR count). The van der Waals surface area contributed by atoms with E-state index in [2.05, 4.69) is 10.6 Å². The van der Waals surface area contributed by atoms with Gasteiger partial charge in [-0.3, -0.25) is 20.3 Å². The Morgan fingerprint density at radius 3 is 1.81 bits per heavy atom. The van der Waals surface area contributed by atoms with E-state index >= 15 is 0 Å². The second-order valence-corrected chi connectivity index (χ2v) is 9.61. The normalized spacial score (nSPS) is 11.3. The number of carbonyl (C=O) groups is 4. The lowest BCUT2D eigenvalue weighted by molar-refractivity contribution is -0.141. The first kappa shape index (κ1) is 31.1. The molecule has 0 aliphatic heterocycles. The van der Waals surface area contributed by atoms with Crippen LogP contribution in [0.15, 0.2) is 84.9 Å². The van der Waals surface area contributed by atoms with E-state index in [4.69, 9.17) is 22.6 Å². The van der Waals surface area contributed by atoms with Crippen molar-refractivity contribution in [2.24, 2.45) is 17.2 Å². The van der Waals surface area contributed by atoms with Crippen molar-refractivity contribution in [2.45, 2.75) is 37.9 Å². The van der Waals surface area contributed by atoms with E-state index in [1.54, 1.807) is 24.3 Å². The lowest BCUT2D eigenvalue weighted by atomic mass is 9.89. The second kappa shape index (κ2) is 15.4. The summed E-state index contributed by atoms with van der Waals surface area (Å²) < 4.78 is 0. The topological polar surface area (TPSA) is 210 Å². The molecule has 0 saturated heterocycles. The maximum atomic E-state index is 14.4. The molecule has 0 aromatic heterocycles. The van der Waals surface area contributed by atoms with E-state index in [0.29, 0.717) is 13.0 Å². The lowest BCUT2D eigenvalue weighted by Crippen LogP contribution is -2.49. The van der Waals surface area contributed by atoms with Crippen LogP contribution in [0.25, 0.3) is 0 Å². The minimum atomic E-state index is -0.960. The number of carbonyl (C=O) groups excluding carboxylic acids is 4. The summed E-state index contributed by atoms with van der Waals surface area (Å²) in [5.74, 6) is -1.80. The fourth-order valence-corrected chi connectivity index (χ4v) is 4.54. The smallest absolute Gasteiger partial charge is 0.323 e. The summed E-state index contributed by atoms with van der Waals surface area (Å²) in [6.07, 6.45) is 0.699. The first-order chi connectivity index (χ1) is 20.2. The van der Waals surface area contributed by atoms with Crippen LogP contribution in [0.4, 0.5) is 9.59 Å². The molecule has 0 aliphatic carbocycles. The lowest BCUT2D eigenvalue weighted by Gasteiger charge is -2.33. The molecule has 0 aliphatic rings. The van der Waals surface area contributed by atoms with E-state index < -0.39 is 29.9 Å². The number of amides is 6. The van der Waals surface area contributed by atoms with Crippen LogP contribution in [-0.4, -0.2) is 47.3 Å². The van der Waals surface area contributed by atoms with Crippen LogP contribution in [0.5, 0.6) is 0 Å². The highest BCUT2D eigenvalue weighted by molar-refractivity contribution is 5.93. The predicted molar refractivity (Wildman–Crippen MR) is 159 cm³/mol. The van der Waals surface area contributed by atoms with Gasteiger partial charge in [0.1, 0.15) is 6.04 Å². The summed E-state index contributed by atoms with van der Waals surface area (Å²) in [5.41, 5.74) is 19.2. The Morgan fingerprint density at radius 1 is 0.762 bits per heavy atom. The summed E-state index contributed by atoms with van der Waals surface area (Å²) in [4.78, 5) is 51.2. The number of guanidine groups is 1. The molecular formula is C30H36N8O4. The molecule has 3 aromatic carbocycles. The number of nitrogens with zero attached hydrogens (tertiary/aromatic N) is 1. The minimum Gasteiger partial charge on any atom is -0.370 e. The van der Waals surface area contributed by atoms with Crippen LogP contribution < -0.4 is 33.2 Å². The van der Waals surface area contributed by atoms with Gasteiger partial charge in [0.05, 0.1) is 5.92 Å². The fourth-order valence-electron chi connectivity index (χ4n) is 4.54. The summed E-state index contributed by atoms with van der Waals surface area (Å²) >= 11 is 0. The number of hydrogen-bond acceptors (Lipinski definition) is 5. The number of nitrogens with two attached hydrogens (primary N) is 3.